The minimum Gasteiger partial charge on any atom is -0.493 e. The van der Waals surface area contributed by atoms with Crippen LogP contribution in [0, 0.1) is 5.92 Å². The second-order valence-corrected chi connectivity index (χ2v) is 7.50. The quantitative estimate of drug-likeness (QED) is 0.610. The number of carbonyl (C=O) groups is 2. The number of methoxy groups -OCH3 is 1. The van der Waals surface area contributed by atoms with Crippen LogP contribution in [0.3, 0.4) is 0 Å². The zero-order valence-corrected chi connectivity index (χ0v) is 18.0. The Morgan fingerprint density at radius 3 is 2.70 bits per heavy atom. The Bertz CT molecular complexity index is 901. The Hall–Kier alpha value is -2.73. The van der Waals surface area contributed by atoms with E-state index in [0.717, 1.165) is 18.4 Å². The first-order valence-corrected chi connectivity index (χ1v) is 10.4. The second kappa shape index (κ2) is 10.3. The van der Waals surface area contributed by atoms with Crippen molar-refractivity contribution in [3.8, 4) is 11.5 Å². The van der Waals surface area contributed by atoms with Gasteiger partial charge in [0, 0.05) is 29.2 Å². The van der Waals surface area contributed by atoms with E-state index < -0.39 is 0 Å². The molecule has 1 aliphatic heterocycles. The number of carbonyl (C=O) groups excluding carboxylic acids is 2. The van der Waals surface area contributed by atoms with Gasteiger partial charge in [-0.3, -0.25) is 9.59 Å². The minimum absolute atomic E-state index is 0.139. The summed E-state index contributed by atoms with van der Waals surface area (Å²) in [6.07, 6.45) is 1.51. The van der Waals surface area contributed by atoms with E-state index in [4.69, 9.17) is 25.8 Å². The van der Waals surface area contributed by atoms with Crippen molar-refractivity contribution >= 4 is 23.5 Å². The molecule has 2 aromatic rings. The van der Waals surface area contributed by atoms with Crippen molar-refractivity contribution < 1.29 is 23.8 Å². The highest BCUT2D eigenvalue weighted by Crippen LogP contribution is 2.30. The Morgan fingerprint density at radius 1 is 1.17 bits per heavy atom. The van der Waals surface area contributed by atoms with Crippen LogP contribution < -0.4 is 9.47 Å². The number of hydrogen-bond donors (Lipinski definition) is 0. The summed E-state index contributed by atoms with van der Waals surface area (Å²) in [5.41, 5.74) is 1.35. The van der Waals surface area contributed by atoms with Crippen LogP contribution in [0.2, 0.25) is 5.02 Å². The first-order chi connectivity index (χ1) is 14.5. The number of amides is 1. The van der Waals surface area contributed by atoms with Crippen LogP contribution in [-0.2, 0) is 16.1 Å². The smallest absolute Gasteiger partial charge is 0.310 e. The molecule has 1 fully saturated rings. The highest BCUT2D eigenvalue weighted by Gasteiger charge is 2.30. The maximum absolute atomic E-state index is 13.0. The van der Waals surface area contributed by atoms with Crippen LogP contribution in [0.1, 0.15) is 35.7 Å². The lowest BCUT2D eigenvalue weighted by Gasteiger charge is -2.31. The number of benzene rings is 2. The van der Waals surface area contributed by atoms with E-state index in [1.165, 1.54) is 7.11 Å². The topological polar surface area (TPSA) is 65.1 Å². The van der Waals surface area contributed by atoms with Gasteiger partial charge in [-0.2, -0.15) is 0 Å². The van der Waals surface area contributed by atoms with Crippen LogP contribution in [0.5, 0.6) is 11.5 Å². The third-order valence-corrected chi connectivity index (χ3v) is 5.45. The van der Waals surface area contributed by atoms with E-state index in [2.05, 4.69) is 0 Å². The molecule has 1 heterocycles. The number of rotatable bonds is 7. The summed E-state index contributed by atoms with van der Waals surface area (Å²) in [5.74, 6) is 0.336. The van der Waals surface area contributed by atoms with Gasteiger partial charge in [-0.25, -0.2) is 0 Å². The maximum Gasteiger partial charge on any atom is 0.310 e. The molecule has 1 saturated heterocycles. The summed E-state index contributed by atoms with van der Waals surface area (Å²) in [6, 6.07) is 12.5. The number of esters is 1. The first kappa shape index (κ1) is 22.0. The molecule has 0 saturated carbocycles. The van der Waals surface area contributed by atoms with Gasteiger partial charge in [0.05, 0.1) is 19.6 Å². The molecule has 0 aromatic heterocycles. The van der Waals surface area contributed by atoms with Gasteiger partial charge in [-0.1, -0.05) is 29.8 Å². The zero-order chi connectivity index (χ0) is 21.5. The predicted molar refractivity (Wildman–Crippen MR) is 114 cm³/mol. The Balaban J connectivity index is 1.69. The Morgan fingerprint density at radius 2 is 1.97 bits per heavy atom. The van der Waals surface area contributed by atoms with E-state index in [1.807, 2.05) is 18.2 Å². The number of likely N-dealkylation sites (tertiary alicyclic amines) is 1. The first-order valence-electron chi connectivity index (χ1n) is 10.0. The highest BCUT2D eigenvalue weighted by atomic mass is 35.5. The van der Waals surface area contributed by atoms with Crippen molar-refractivity contribution in [2.45, 2.75) is 26.4 Å². The van der Waals surface area contributed by atoms with Crippen LogP contribution in [-0.4, -0.2) is 43.6 Å². The minimum atomic E-state index is -0.275. The fourth-order valence-corrected chi connectivity index (χ4v) is 3.68. The van der Waals surface area contributed by atoms with E-state index in [9.17, 15) is 9.59 Å². The summed E-state index contributed by atoms with van der Waals surface area (Å²) in [4.78, 5) is 26.7. The zero-order valence-electron chi connectivity index (χ0n) is 17.2. The summed E-state index contributed by atoms with van der Waals surface area (Å²) < 4.78 is 16.4. The van der Waals surface area contributed by atoms with Crippen LogP contribution in [0.4, 0.5) is 0 Å². The second-order valence-electron chi connectivity index (χ2n) is 7.09. The normalized spacial score (nSPS) is 16.1. The van der Waals surface area contributed by atoms with Gasteiger partial charge in [0.25, 0.3) is 5.91 Å². The average Bonchev–Trinajstić information content (AvgIpc) is 2.78. The lowest BCUT2D eigenvalue weighted by Crippen LogP contribution is -2.42. The van der Waals surface area contributed by atoms with E-state index in [1.54, 1.807) is 36.1 Å². The van der Waals surface area contributed by atoms with Gasteiger partial charge in [-0.15, -0.1) is 0 Å². The van der Waals surface area contributed by atoms with Crippen molar-refractivity contribution in [3.63, 3.8) is 0 Å². The Labute approximate surface area is 181 Å². The lowest BCUT2D eigenvalue weighted by atomic mass is 9.97. The van der Waals surface area contributed by atoms with E-state index in [0.29, 0.717) is 41.8 Å². The van der Waals surface area contributed by atoms with Crippen molar-refractivity contribution in [1.29, 1.82) is 0 Å². The van der Waals surface area contributed by atoms with Gasteiger partial charge in [0.1, 0.15) is 6.61 Å². The predicted octanol–water partition coefficient (Wildman–Crippen LogP) is 4.34. The number of halogens is 1. The van der Waals surface area contributed by atoms with Gasteiger partial charge in [0.15, 0.2) is 11.5 Å². The largest absolute Gasteiger partial charge is 0.493 e. The van der Waals surface area contributed by atoms with Crippen LogP contribution in [0.15, 0.2) is 42.5 Å². The molecule has 0 radical (unpaired) electrons. The van der Waals surface area contributed by atoms with Gasteiger partial charge in [0.2, 0.25) is 0 Å². The van der Waals surface area contributed by atoms with Crippen LogP contribution in [0.25, 0.3) is 0 Å². The van der Waals surface area contributed by atoms with Crippen molar-refractivity contribution in [2.75, 3.05) is 26.8 Å². The monoisotopic (exact) mass is 431 g/mol. The van der Waals surface area contributed by atoms with Crippen LogP contribution >= 0.6 is 11.6 Å². The molecule has 30 heavy (non-hydrogen) atoms. The molecule has 0 spiro atoms. The molecule has 1 unspecified atom stereocenters. The van der Waals surface area contributed by atoms with Gasteiger partial charge in [-0.05, 0) is 44.0 Å². The third kappa shape index (κ3) is 5.25. The molecule has 3 rings (SSSR count). The summed E-state index contributed by atoms with van der Waals surface area (Å²) in [7, 11) is 1.53. The molecular weight excluding hydrogens is 406 g/mol. The van der Waals surface area contributed by atoms with Gasteiger partial charge < -0.3 is 19.1 Å². The molecule has 2 aromatic carbocycles. The summed E-state index contributed by atoms with van der Waals surface area (Å²) >= 11 is 6.18. The number of hydrogen-bond acceptors (Lipinski definition) is 5. The van der Waals surface area contributed by atoms with E-state index in [-0.39, 0.29) is 24.4 Å². The van der Waals surface area contributed by atoms with Crippen molar-refractivity contribution in [2.24, 2.45) is 5.92 Å². The third-order valence-electron chi connectivity index (χ3n) is 5.08. The van der Waals surface area contributed by atoms with Crippen molar-refractivity contribution in [3.05, 3.63) is 58.6 Å². The molecule has 6 nitrogen and oxygen atoms in total. The Kier molecular flexibility index (Phi) is 7.57. The number of piperidine rings is 1. The standard InChI is InChI=1S/C23H26ClNO5/c1-3-29-23(27)17-8-6-12-25(14-17)22(26)16-10-11-20(21(13-16)28-2)30-15-18-7-4-5-9-19(18)24/h4-5,7,9-11,13,17H,3,6,8,12,14-15H2,1-2H3. The van der Waals surface area contributed by atoms with E-state index >= 15 is 0 Å². The maximum atomic E-state index is 13.0. The molecule has 0 bridgehead atoms. The molecule has 0 N–H and O–H groups in total. The SMILES string of the molecule is CCOC(=O)C1CCCN(C(=O)c2ccc(OCc3ccccc3Cl)c(OC)c2)C1. The van der Waals surface area contributed by atoms with Gasteiger partial charge >= 0.3 is 5.97 Å². The van der Waals surface area contributed by atoms with Crippen molar-refractivity contribution in [1.82, 2.24) is 4.90 Å². The fourth-order valence-electron chi connectivity index (χ4n) is 3.49. The lowest BCUT2D eigenvalue weighted by molar-refractivity contribution is -0.149. The molecule has 1 amide bonds. The summed E-state index contributed by atoms with van der Waals surface area (Å²) in [6.45, 7) is 3.39. The average molecular weight is 432 g/mol. The number of ether oxygens (including phenoxy) is 3. The molecule has 7 heteroatoms. The summed E-state index contributed by atoms with van der Waals surface area (Å²) in [5, 5.41) is 0.629. The molecule has 1 atom stereocenters. The molecule has 0 aliphatic carbocycles. The highest BCUT2D eigenvalue weighted by molar-refractivity contribution is 6.31. The molecule has 160 valence electrons. The molecular formula is C23H26ClNO5. The fraction of sp³-hybridized carbons (Fsp3) is 0.391. The molecule has 1 aliphatic rings. The number of nitrogens with zero attached hydrogens (tertiary/aromatic N) is 1.